The average Bonchev–Trinajstić information content (AvgIpc) is 3.64. The van der Waals surface area contributed by atoms with Crippen molar-refractivity contribution in [1.29, 1.82) is 0 Å². The summed E-state index contributed by atoms with van der Waals surface area (Å²) in [7, 11) is 0. The van der Waals surface area contributed by atoms with Gasteiger partial charge >= 0.3 is 17.8 Å². The lowest BCUT2D eigenvalue weighted by atomic mass is 9.94. The minimum atomic E-state index is -5.57. The van der Waals surface area contributed by atoms with Gasteiger partial charge in [-0.25, -0.2) is 0 Å². The molecule has 0 amide bonds. The maximum absolute atomic E-state index is 15.3. The number of thiophene rings is 4. The van der Waals surface area contributed by atoms with E-state index in [4.69, 9.17) is 0 Å². The molecule has 1 aliphatic rings. The zero-order chi connectivity index (χ0) is 25.7. The Morgan fingerprint density at radius 1 is 0.833 bits per heavy atom. The maximum atomic E-state index is 15.3. The number of halogens is 6. The van der Waals surface area contributed by atoms with Crippen LogP contribution in [0, 0.1) is 0 Å². The molecule has 0 saturated heterocycles. The lowest BCUT2D eigenvalue weighted by molar-refractivity contribution is -0.260. The summed E-state index contributed by atoms with van der Waals surface area (Å²) in [5.74, 6) is -15.7. The summed E-state index contributed by atoms with van der Waals surface area (Å²) in [6.45, 7) is 3.35. The summed E-state index contributed by atoms with van der Waals surface area (Å²) in [6, 6.07) is 12.1. The second-order valence-corrected chi connectivity index (χ2v) is 11.9. The second kappa shape index (κ2) is 9.16. The van der Waals surface area contributed by atoms with E-state index in [1.54, 1.807) is 41.1 Å². The Morgan fingerprint density at radius 3 is 2.14 bits per heavy atom. The SMILES string of the molecule is C=CCC1=C(c2cc(-c3cccs3)sc2/C(=C/c2cccs2)c2cccs2)C(F)(F)C(F)(F)C1(F)F. The normalized spacial score (nSPS) is 18.7. The Balaban J connectivity index is 1.85. The van der Waals surface area contributed by atoms with Crippen LogP contribution < -0.4 is 0 Å². The predicted octanol–water partition coefficient (Wildman–Crippen LogP) is 10.4. The summed E-state index contributed by atoms with van der Waals surface area (Å²) < 4.78 is 89.6. The number of alkyl halides is 6. The van der Waals surface area contributed by atoms with E-state index in [9.17, 15) is 17.6 Å². The highest BCUT2D eigenvalue weighted by atomic mass is 32.1. The van der Waals surface area contributed by atoms with Gasteiger partial charge < -0.3 is 0 Å². The van der Waals surface area contributed by atoms with Gasteiger partial charge in [0.05, 0.1) is 0 Å². The van der Waals surface area contributed by atoms with E-state index in [2.05, 4.69) is 6.58 Å². The molecule has 4 aromatic rings. The third-order valence-corrected chi connectivity index (χ3v) is 9.71. The standard InChI is InChI=1S/C26H16F6S4/c1-2-6-18-22(25(29,30)26(31,32)24(18,27)28)17-14-21(20-9-5-12-35-20)36-23(17)16(19-8-4-11-34-19)13-15-7-3-10-33-15/h2-5,7-14H,1,6H2/b16-13+. The van der Waals surface area contributed by atoms with Gasteiger partial charge in [0.25, 0.3) is 0 Å². The van der Waals surface area contributed by atoms with Crippen molar-refractivity contribution in [1.82, 2.24) is 0 Å². The van der Waals surface area contributed by atoms with Gasteiger partial charge in [0.2, 0.25) is 0 Å². The van der Waals surface area contributed by atoms with E-state index >= 15 is 8.78 Å². The van der Waals surface area contributed by atoms with Gasteiger partial charge in [0, 0.05) is 46.7 Å². The Bertz CT molecular complexity index is 1440. The number of allylic oxidation sites excluding steroid dienone is 3. The van der Waals surface area contributed by atoms with Gasteiger partial charge in [-0.3, -0.25) is 0 Å². The highest BCUT2D eigenvalue weighted by Gasteiger charge is 2.79. The van der Waals surface area contributed by atoms with Crippen molar-refractivity contribution in [3.8, 4) is 9.75 Å². The van der Waals surface area contributed by atoms with Crippen LogP contribution in [0.15, 0.2) is 76.8 Å². The van der Waals surface area contributed by atoms with E-state index in [1.807, 2.05) is 17.5 Å². The number of hydrogen-bond donors (Lipinski definition) is 0. The second-order valence-electron chi connectivity index (χ2n) is 7.95. The highest BCUT2D eigenvalue weighted by molar-refractivity contribution is 7.22. The summed E-state index contributed by atoms with van der Waals surface area (Å²) in [5.41, 5.74) is -2.42. The molecule has 10 heteroatoms. The average molecular weight is 571 g/mol. The molecule has 0 fully saturated rings. The molecule has 0 aromatic carbocycles. The third kappa shape index (κ3) is 3.86. The molecule has 0 bridgehead atoms. The molecule has 0 aliphatic heterocycles. The quantitative estimate of drug-likeness (QED) is 0.153. The van der Waals surface area contributed by atoms with Crippen molar-refractivity contribution in [2.24, 2.45) is 0 Å². The van der Waals surface area contributed by atoms with Crippen molar-refractivity contribution in [2.45, 2.75) is 24.2 Å². The Morgan fingerprint density at radius 2 is 1.53 bits per heavy atom. The summed E-state index contributed by atoms with van der Waals surface area (Å²) in [5, 5.41) is 5.45. The first-order chi connectivity index (χ1) is 17.1. The van der Waals surface area contributed by atoms with Crippen LogP contribution >= 0.6 is 45.3 Å². The topological polar surface area (TPSA) is 0 Å². The van der Waals surface area contributed by atoms with Crippen LogP contribution in [-0.2, 0) is 0 Å². The molecular formula is C26H16F6S4. The smallest absolute Gasteiger partial charge is 0.194 e. The van der Waals surface area contributed by atoms with Gasteiger partial charge in [-0.1, -0.05) is 24.3 Å². The molecule has 4 heterocycles. The molecule has 36 heavy (non-hydrogen) atoms. The van der Waals surface area contributed by atoms with Crippen LogP contribution in [-0.4, -0.2) is 17.8 Å². The summed E-state index contributed by atoms with van der Waals surface area (Å²) in [4.78, 5) is 3.00. The minimum Gasteiger partial charge on any atom is -0.194 e. The Kier molecular flexibility index (Phi) is 6.43. The van der Waals surface area contributed by atoms with E-state index in [0.717, 1.165) is 27.2 Å². The molecule has 0 nitrogen and oxygen atoms in total. The molecule has 0 radical (unpaired) electrons. The third-order valence-electron chi connectivity index (χ3n) is 5.76. The Labute approximate surface area is 219 Å². The van der Waals surface area contributed by atoms with Gasteiger partial charge in [0.1, 0.15) is 0 Å². The molecule has 0 unspecified atom stereocenters. The van der Waals surface area contributed by atoms with Crippen LogP contribution in [0.4, 0.5) is 26.3 Å². The predicted molar refractivity (Wildman–Crippen MR) is 140 cm³/mol. The number of rotatable bonds is 7. The van der Waals surface area contributed by atoms with Crippen LogP contribution in [0.5, 0.6) is 0 Å². The molecule has 186 valence electrons. The van der Waals surface area contributed by atoms with Crippen LogP contribution in [0.1, 0.15) is 26.6 Å². The monoisotopic (exact) mass is 570 g/mol. The first-order valence-corrected chi connectivity index (χ1v) is 14.0. The molecule has 1 aliphatic carbocycles. The zero-order valence-electron chi connectivity index (χ0n) is 18.2. The Hall–Kier alpha value is -2.40. The van der Waals surface area contributed by atoms with Crippen LogP contribution in [0.3, 0.4) is 0 Å². The van der Waals surface area contributed by atoms with E-state index in [0.29, 0.717) is 15.3 Å². The van der Waals surface area contributed by atoms with Crippen molar-refractivity contribution >= 4 is 62.6 Å². The zero-order valence-corrected chi connectivity index (χ0v) is 21.5. The molecular weight excluding hydrogens is 555 g/mol. The van der Waals surface area contributed by atoms with Gasteiger partial charge in [-0.2, -0.15) is 26.3 Å². The fourth-order valence-corrected chi connectivity index (χ4v) is 7.60. The van der Waals surface area contributed by atoms with Gasteiger partial charge in [-0.05, 0) is 52.9 Å². The first kappa shape index (κ1) is 25.3. The fraction of sp³-hybridized carbons (Fsp3) is 0.154. The highest BCUT2D eigenvalue weighted by Crippen LogP contribution is 2.64. The largest absolute Gasteiger partial charge is 0.380 e. The van der Waals surface area contributed by atoms with Crippen LogP contribution in [0.2, 0.25) is 0 Å². The van der Waals surface area contributed by atoms with E-state index < -0.39 is 35.3 Å². The van der Waals surface area contributed by atoms with Crippen molar-refractivity contribution in [3.63, 3.8) is 0 Å². The molecule has 5 rings (SSSR count). The van der Waals surface area contributed by atoms with E-state index in [1.165, 1.54) is 40.1 Å². The fourth-order valence-electron chi connectivity index (χ4n) is 4.11. The van der Waals surface area contributed by atoms with Crippen molar-refractivity contribution in [2.75, 3.05) is 0 Å². The summed E-state index contributed by atoms with van der Waals surface area (Å²) >= 11 is 5.23. The molecule has 0 spiro atoms. The lowest BCUT2D eigenvalue weighted by Gasteiger charge is -2.25. The van der Waals surface area contributed by atoms with Crippen molar-refractivity contribution in [3.05, 3.63) is 97.0 Å². The molecule has 4 aromatic heterocycles. The summed E-state index contributed by atoms with van der Waals surface area (Å²) in [6.07, 6.45) is 1.94. The van der Waals surface area contributed by atoms with Crippen LogP contribution in [0.25, 0.3) is 27.0 Å². The maximum Gasteiger partial charge on any atom is 0.380 e. The molecule has 0 atom stereocenters. The van der Waals surface area contributed by atoms with Crippen molar-refractivity contribution < 1.29 is 26.3 Å². The molecule has 0 N–H and O–H groups in total. The van der Waals surface area contributed by atoms with Gasteiger partial charge in [-0.15, -0.1) is 51.9 Å². The first-order valence-electron chi connectivity index (χ1n) is 10.6. The molecule has 0 saturated carbocycles. The van der Waals surface area contributed by atoms with E-state index in [-0.39, 0.29) is 10.4 Å². The lowest BCUT2D eigenvalue weighted by Crippen LogP contribution is -2.49. The number of hydrogen-bond acceptors (Lipinski definition) is 4. The minimum absolute atomic E-state index is 0.235. The van der Waals surface area contributed by atoms with Gasteiger partial charge in [0.15, 0.2) is 0 Å².